The molecule has 0 bridgehead atoms. The van der Waals surface area contributed by atoms with E-state index in [9.17, 15) is 39.0 Å². The van der Waals surface area contributed by atoms with Crippen molar-refractivity contribution in [1.29, 1.82) is 0 Å². The van der Waals surface area contributed by atoms with E-state index in [1.54, 1.807) is 6.92 Å². The molecule has 42 heavy (non-hydrogen) atoms. The molecule has 0 spiro atoms. The van der Waals surface area contributed by atoms with Gasteiger partial charge < -0.3 is 53.8 Å². The SMILES string of the molecule is CC[C@H](C)[C@H](N)C(=O)N[C@@H](CO)C(=O)N[C@@H](CCCCN)C(=O)N[C@@H](CCC(=O)O)C(=O)N[C@@H](CCCCN)C(=O)O. The van der Waals surface area contributed by atoms with Gasteiger partial charge in [-0.25, -0.2) is 4.79 Å². The van der Waals surface area contributed by atoms with Crippen LogP contribution in [-0.2, 0) is 28.8 Å². The van der Waals surface area contributed by atoms with Crippen LogP contribution in [0.3, 0.4) is 0 Å². The quantitative estimate of drug-likeness (QED) is 0.0542. The van der Waals surface area contributed by atoms with Gasteiger partial charge in [0, 0.05) is 6.42 Å². The first kappa shape index (κ1) is 38.7. The predicted octanol–water partition coefficient (Wildman–Crippen LogP) is -2.50. The fourth-order valence-corrected chi connectivity index (χ4v) is 3.84. The first-order valence-electron chi connectivity index (χ1n) is 14.2. The lowest BCUT2D eigenvalue weighted by Gasteiger charge is -2.26. The predicted molar refractivity (Wildman–Crippen MR) is 153 cm³/mol. The summed E-state index contributed by atoms with van der Waals surface area (Å²) in [7, 11) is 0. The van der Waals surface area contributed by atoms with Crippen molar-refractivity contribution in [2.75, 3.05) is 19.7 Å². The van der Waals surface area contributed by atoms with Crippen molar-refractivity contribution >= 4 is 35.6 Å². The van der Waals surface area contributed by atoms with E-state index in [0.29, 0.717) is 45.2 Å². The third-order valence-corrected chi connectivity index (χ3v) is 6.80. The maximum absolute atomic E-state index is 13.2. The number of amides is 4. The molecule has 0 aliphatic rings. The third kappa shape index (κ3) is 15.0. The van der Waals surface area contributed by atoms with Crippen molar-refractivity contribution in [1.82, 2.24) is 21.3 Å². The maximum atomic E-state index is 13.2. The van der Waals surface area contributed by atoms with Crippen LogP contribution in [0.25, 0.3) is 0 Å². The summed E-state index contributed by atoms with van der Waals surface area (Å²) in [6.07, 6.45) is 1.71. The lowest BCUT2D eigenvalue weighted by atomic mass is 9.99. The molecule has 0 rings (SSSR count). The molecule has 0 heterocycles. The number of aliphatic carboxylic acids is 2. The first-order chi connectivity index (χ1) is 19.8. The Bertz CT molecular complexity index is 890. The average molecular weight is 604 g/mol. The van der Waals surface area contributed by atoms with Crippen LogP contribution in [0, 0.1) is 5.92 Å². The Morgan fingerprint density at radius 1 is 0.667 bits per heavy atom. The Kier molecular flexibility index (Phi) is 19.7. The number of hydrogen-bond donors (Lipinski definition) is 10. The number of unbranched alkanes of at least 4 members (excludes halogenated alkanes) is 2. The summed E-state index contributed by atoms with van der Waals surface area (Å²) in [5, 5.41) is 37.9. The van der Waals surface area contributed by atoms with Crippen LogP contribution >= 0.6 is 0 Å². The minimum atomic E-state index is -1.43. The van der Waals surface area contributed by atoms with Gasteiger partial charge in [0.2, 0.25) is 23.6 Å². The summed E-state index contributed by atoms with van der Waals surface area (Å²) in [5.74, 6) is -6.04. The van der Waals surface area contributed by atoms with Crippen molar-refractivity contribution in [3.63, 3.8) is 0 Å². The Labute approximate surface area is 245 Å². The summed E-state index contributed by atoms with van der Waals surface area (Å²) in [4.78, 5) is 74.4. The second kappa shape index (κ2) is 21.4. The summed E-state index contributed by atoms with van der Waals surface area (Å²) in [5.41, 5.74) is 16.9. The summed E-state index contributed by atoms with van der Waals surface area (Å²) >= 11 is 0. The van der Waals surface area contributed by atoms with E-state index in [1.807, 2.05) is 6.92 Å². The first-order valence-corrected chi connectivity index (χ1v) is 14.2. The van der Waals surface area contributed by atoms with Crippen molar-refractivity contribution in [2.45, 2.75) is 102 Å². The van der Waals surface area contributed by atoms with Gasteiger partial charge in [0.1, 0.15) is 24.2 Å². The standard InChI is InChI=1S/C26H49N7O9/c1-3-15(2)21(29)25(40)33-19(14-34)24(39)30-16(8-4-6-12-27)22(37)31-17(10-11-20(35)36)23(38)32-18(26(41)42)9-5-7-13-28/h15-19,21,34H,3-14,27-29H2,1-2H3,(H,30,39)(H,31,37)(H,32,38)(H,33,40)(H,35,36)(H,41,42)/t15-,16-,17-,18-,19-,21-/m0/s1. The Morgan fingerprint density at radius 2 is 1.10 bits per heavy atom. The number of nitrogens with one attached hydrogen (secondary N) is 4. The van der Waals surface area contributed by atoms with Crippen LogP contribution in [-0.4, -0.2) is 101 Å². The third-order valence-electron chi connectivity index (χ3n) is 6.80. The van der Waals surface area contributed by atoms with Gasteiger partial charge in [-0.05, 0) is 64.0 Å². The van der Waals surface area contributed by atoms with Crippen LogP contribution in [0.15, 0.2) is 0 Å². The number of rotatable bonds is 23. The van der Waals surface area contributed by atoms with E-state index in [-0.39, 0.29) is 25.2 Å². The van der Waals surface area contributed by atoms with Crippen molar-refractivity contribution in [2.24, 2.45) is 23.1 Å². The molecule has 0 aromatic heterocycles. The monoisotopic (exact) mass is 603 g/mol. The zero-order valence-electron chi connectivity index (χ0n) is 24.5. The number of hydrogen-bond acceptors (Lipinski definition) is 10. The molecular formula is C26H49N7O9. The van der Waals surface area contributed by atoms with Crippen LogP contribution in [0.2, 0.25) is 0 Å². The molecule has 0 radical (unpaired) electrons. The van der Waals surface area contributed by atoms with Crippen LogP contribution in [0.5, 0.6) is 0 Å². The lowest BCUT2D eigenvalue weighted by molar-refractivity contribution is -0.143. The number of nitrogens with two attached hydrogens (primary N) is 3. The van der Waals surface area contributed by atoms with Crippen LogP contribution in [0.1, 0.15) is 71.6 Å². The largest absolute Gasteiger partial charge is 0.481 e. The van der Waals surface area contributed by atoms with Gasteiger partial charge in [0.25, 0.3) is 0 Å². The van der Waals surface area contributed by atoms with Gasteiger partial charge in [-0.1, -0.05) is 20.3 Å². The van der Waals surface area contributed by atoms with Crippen molar-refractivity contribution in [3.05, 3.63) is 0 Å². The summed E-state index contributed by atoms with van der Waals surface area (Å²) in [6, 6.07) is -6.32. The number of carbonyl (C=O) groups excluding carboxylic acids is 4. The van der Waals surface area contributed by atoms with Gasteiger partial charge in [0.15, 0.2) is 0 Å². The number of aliphatic hydroxyl groups is 1. The molecule has 0 aliphatic carbocycles. The fraction of sp³-hybridized carbons (Fsp3) is 0.769. The van der Waals surface area contributed by atoms with Crippen LogP contribution in [0.4, 0.5) is 0 Å². The molecule has 16 nitrogen and oxygen atoms in total. The minimum absolute atomic E-state index is 0.0668. The van der Waals surface area contributed by atoms with Crippen LogP contribution < -0.4 is 38.5 Å². The van der Waals surface area contributed by atoms with E-state index in [1.165, 1.54) is 0 Å². The highest BCUT2D eigenvalue weighted by atomic mass is 16.4. The second-order valence-electron chi connectivity index (χ2n) is 10.2. The van der Waals surface area contributed by atoms with Gasteiger partial charge in [-0.3, -0.25) is 24.0 Å². The molecule has 4 amide bonds. The zero-order valence-corrected chi connectivity index (χ0v) is 24.5. The molecule has 0 fully saturated rings. The van der Waals surface area contributed by atoms with Crippen molar-refractivity contribution in [3.8, 4) is 0 Å². The molecule has 0 aromatic carbocycles. The van der Waals surface area contributed by atoms with E-state index >= 15 is 0 Å². The van der Waals surface area contributed by atoms with E-state index in [2.05, 4.69) is 21.3 Å². The van der Waals surface area contributed by atoms with E-state index in [4.69, 9.17) is 22.3 Å². The Balaban J connectivity index is 5.77. The molecule has 6 atom stereocenters. The van der Waals surface area contributed by atoms with E-state index in [0.717, 1.165) is 0 Å². The maximum Gasteiger partial charge on any atom is 0.326 e. The van der Waals surface area contributed by atoms with Gasteiger partial charge in [-0.2, -0.15) is 0 Å². The number of carboxylic acid groups (broad SMARTS) is 2. The number of carbonyl (C=O) groups is 6. The summed E-state index contributed by atoms with van der Waals surface area (Å²) < 4.78 is 0. The highest BCUT2D eigenvalue weighted by molar-refractivity contribution is 5.95. The highest BCUT2D eigenvalue weighted by Gasteiger charge is 2.32. The molecule has 0 aromatic rings. The molecule has 0 saturated carbocycles. The van der Waals surface area contributed by atoms with E-state index < -0.39 is 78.8 Å². The molecule has 0 unspecified atom stereocenters. The van der Waals surface area contributed by atoms with Crippen molar-refractivity contribution < 1.29 is 44.1 Å². The lowest BCUT2D eigenvalue weighted by Crippen LogP contribution is -2.59. The molecule has 13 N–H and O–H groups in total. The van der Waals surface area contributed by atoms with Gasteiger partial charge in [-0.15, -0.1) is 0 Å². The number of carboxylic acids is 2. The molecule has 0 saturated heterocycles. The van der Waals surface area contributed by atoms with Gasteiger partial charge >= 0.3 is 11.9 Å². The Hall–Kier alpha value is -3.34. The molecule has 242 valence electrons. The number of aliphatic hydroxyl groups excluding tert-OH is 1. The molecule has 0 aliphatic heterocycles. The average Bonchev–Trinajstić information content (AvgIpc) is 2.95. The smallest absolute Gasteiger partial charge is 0.326 e. The Morgan fingerprint density at radius 3 is 1.52 bits per heavy atom. The normalized spacial score (nSPS) is 15.3. The zero-order chi connectivity index (χ0) is 32.2. The summed E-state index contributed by atoms with van der Waals surface area (Å²) in [6.45, 7) is 3.44. The molecular weight excluding hydrogens is 554 g/mol. The fourth-order valence-electron chi connectivity index (χ4n) is 3.84. The van der Waals surface area contributed by atoms with Gasteiger partial charge in [0.05, 0.1) is 12.6 Å². The minimum Gasteiger partial charge on any atom is -0.481 e. The molecule has 16 heteroatoms. The highest BCUT2D eigenvalue weighted by Crippen LogP contribution is 2.08. The topological polar surface area (TPSA) is 289 Å². The second-order valence-corrected chi connectivity index (χ2v) is 10.2.